The van der Waals surface area contributed by atoms with Crippen LogP contribution in [0.4, 0.5) is 0 Å². The third kappa shape index (κ3) is 7.48. The lowest BCUT2D eigenvalue weighted by molar-refractivity contribution is -0.900. The summed E-state index contributed by atoms with van der Waals surface area (Å²) in [6.45, 7) is 2.27. The van der Waals surface area contributed by atoms with E-state index < -0.39 is 0 Å². The molecule has 0 spiro atoms. The van der Waals surface area contributed by atoms with Crippen molar-refractivity contribution in [3.8, 4) is 0 Å². The summed E-state index contributed by atoms with van der Waals surface area (Å²) in [6, 6.07) is 0. The van der Waals surface area contributed by atoms with E-state index in [1.807, 2.05) is 22.6 Å². The number of rotatable bonds is 8. The first-order valence-electron chi connectivity index (χ1n) is 4.51. The number of halogens is 1. The Morgan fingerprint density at radius 2 is 1.79 bits per heavy atom. The van der Waals surface area contributed by atoms with Crippen LogP contribution in [0.2, 0.25) is 0 Å². The number of aliphatic hydroxyl groups is 2. The van der Waals surface area contributed by atoms with Crippen molar-refractivity contribution >= 4 is 28.6 Å². The molecule has 0 amide bonds. The second-order valence-corrected chi connectivity index (χ2v) is 3.56. The van der Waals surface area contributed by atoms with Gasteiger partial charge < -0.3 is 19.8 Å². The molecule has 5 nitrogen and oxygen atoms in total. The third-order valence-corrected chi connectivity index (χ3v) is 2.38. The van der Waals surface area contributed by atoms with Crippen molar-refractivity contribution in [3.63, 3.8) is 0 Å². The summed E-state index contributed by atoms with van der Waals surface area (Å²) in [4.78, 5) is 11.8. The number of esters is 1. The number of hydrogen-bond donors (Lipinski definition) is 3. The van der Waals surface area contributed by atoms with Crippen molar-refractivity contribution in [3.05, 3.63) is 0 Å². The van der Waals surface area contributed by atoms with Crippen LogP contribution < -0.4 is 4.90 Å². The van der Waals surface area contributed by atoms with Crippen LogP contribution in [0.25, 0.3) is 0 Å². The molecule has 84 valence electrons. The van der Waals surface area contributed by atoms with Crippen LogP contribution in [-0.2, 0) is 9.53 Å². The Hall–Kier alpha value is 0.0800. The van der Waals surface area contributed by atoms with Gasteiger partial charge in [-0.2, -0.15) is 0 Å². The molecule has 0 fully saturated rings. The lowest BCUT2D eigenvalue weighted by Gasteiger charge is -2.16. The van der Waals surface area contributed by atoms with Gasteiger partial charge >= 0.3 is 5.97 Å². The van der Waals surface area contributed by atoms with Gasteiger partial charge in [-0.3, -0.25) is 4.79 Å². The zero-order valence-electron chi connectivity index (χ0n) is 8.04. The van der Waals surface area contributed by atoms with Gasteiger partial charge in [0.2, 0.25) is 0 Å². The van der Waals surface area contributed by atoms with Crippen molar-refractivity contribution in [2.45, 2.75) is 0 Å². The highest BCUT2D eigenvalue weighted by molar-refractivity contribution is 14.1. The standard InChI is InChI=1S/C8H16INO4/c9-7-8(13)14-6-3-10(1-4-11)2-5-12/h11-12H,1-7H2/p+1. The molecule has 3 N–H and O–H groups in total. The van der Waals surface area contributed by atoms with Crippen LogP contribution in [0.5, 0.6) is 0 Å². The van der Waals surface area contributed by atoms with Gasteiger partial charge in [-0.1, -0.05) is 22.6 Å². The predicted octanol–water partition coefficient (Wildman–Crippen LogP) is -2.17. The molecule has 0 rings (SSSR count). The molecule has 0 unspecified atom stereocenters. The van der Waals surface area contributed by atoms with Crippen LogP contribution in [-0.4, -0.2) is 60.1 Å². The Bertz CT molecular complexity index is 150. The van der Waals surface area contributed by atoms with E-state index in [2.05, 4.69) is 0 Å². The Morgan fingerprint density at radius 1 is 1.21 bits per heavy atom. The minimum atomic E-state index is -0.224. The number of alkyl halides is 1. The number of hydrogen-bond acceptors (Lipinski definition) is 4. The molecular formula is C8H17INO4+. The van der Waals surface area contributed by atoms with Crippen LogP contribution >= 0.6 is 22.6 Å². The Labute approximate surface area is 97.2 Å². The van der Waals surface area contributed by atoms with E-state index in [4.69, 9.17) is 14.9 Å². The largest absolute Gasteiger partial charge is 0.459 e. The Balaban J connectivity index is 3.54. The third-order valence-electron chi connectivity index (χ3n) is 1.76. The maximum atomic E-state index is 10.8. The van der Waals surface area contributed by atoms with Crippen molar-refractivity contribution in [2.75, 3.05) is 43.9 Å². The summed E-state index contributed by atoms with van der Waals surface area (Å²) in [5.74, 6) is -0.224. The van der Waals surface area contributed by atoms with E-state index in [1.54, 1.807) is 0 Å². The zero-order chi connectivity index (χ0) is 10.8. The summed E-state index contributed by atoms with van der Waals surface area (Å²) in [5.41, 5.74) is 0. The van der Waals surface area contributed by atoms with Crippen LogP contribution in [0.15, 0.2) is 0 Å². The monoisotopic (exact) mass is 318 g/mol. The van der Waals surface area contributed by atoms with Crippen molar-refractivity contribution in [2.24, 2.45) is 0 Å². The fourth-order valence-electron chi connectivity index (χ4n) is 1.04. The lowest BCUT2D eigenvalue weighted by atomic mass is 10.4. The van der Waals surface area contributed by atoms with E-state index in [0.29, 0.717) is 30.7 Å². The number of aliphatic hydroxyl groups excluding tert-OH is 2. The average molecular weight is 318 g/mol. The first-order valence-corrected chi connectivity index (χ1v) is 6.04. The van der Waals surface area contributed by atoms with Crippen LogP contribution in [0.1, 0.15) is 0 Å². The van der Waals surface area contributed by atoms with Crippen LogP contribution in [0, 0.1) is 0 Å². The van der Waals surface area contributed by atoms with E-state index >= 15 is 0 Å². The van der Waals surface area contributed by atoms with Crippen molar-refractivity contribution in [1.29, 1.82) is 0 Å². The van der Waals surface area contributed by atoms with Gasteiger partial charge in [-0.25, -0.2) is 0 Å². The van der Waals surface area contributed by atoms with E-state index in [1.165, 1.54) is 0 Å². The molecule has 0 aliphatic rings. The highest BCUT2D eigenvalue weighted by Gasteiger charge is 2.08. The Morgan fingerprint density at radius 3 is 2.21 bits per heavy atom. The Kier molecular flexibility index (Phi) is 9.68. The fraction of sp³-hybridized carbons (Fsp3) is 0.875. The molecule has 0 heterocycles. The topological polar surface area (TPSA) is 71.2 Å². The van der Waals surface area contributed by atoms with Crippen molar-refractivity contribution < 1.29 is 24.6 Å². The number of carbonyl (C=O) groups excluding carboxylic acids is 1. The molecule has 0 aliphatic heterocycles. The quantitative estimate of drug-likeness (QED) is 0.271. The summed E-state index contributed by atoms with van der Waals surface area (Å²) in [5, 5.41) is 17.4. The van der Waals surface area contributed by atoms with Crippen LogP contribution in [0.3, 0.4) is 0 Å². The van der Waals surface area contributed by atoms with Gasteiger partial charge in [-0.05, 0) is 0 Å². The normalized spacial score (nSPS) is 10.6. The summed E-state index contributed by atoms with van der Waals surface area (Å²) < 4.78 is 5.24. The smallest absolute Gasteiger partial charge is 0.315 e. The number of quaternary nitrogens is 1. The number of ether oxygens (including phenoxy) is 1. The minimum absolute atomic E-state index is 0.0789. The summed E-state index contributed by atoms with van der Waals surface area (Å²) >= 11 is 1.94. The molecule has 0 saturated heterocycles. The molecule has 0 bridgehead atoms. The molecule has 14 heavy (non-hydrogen) atoms. The van der Waals surface area contributed by atoms with E-state index in [9.17, 15) is 4.79 Å². The van der Waals surface area contributed by atoms with Gasteiger partial charge in [0, 0.05) is 0 Å². The maximum absolute atomic E-state index is 10.8. The molecule has 0 saturated carbocycles. The predicted molar refractivity (Wildman–Crippen MR) is 59.6 cm³/mol. The van der Waals surface area contributed by atoms with Crippen molar-refractivity contribution in [1.82, 2.24) is 0 Å². The maximum Gasteiger partial charge on any atom is 0.315 e. The summed E-state index contributed by atoms with van der Waals surface area (Å²) in [6.07, 6.45) is 0. The average Bonchev–Trinajstić information content (AvgIpc) is 2.18. The number of nitrogens with one attached hydrogen (secondary N) is 1. The highest BCUT2D eigenvalue weighted by Crippen LogP contribution is 1.84. The molecule has 0 radical (unpaired) electrons. The molecule has 0 aromatic carbocycles. The van der Waals surface area contributed by atoms with E-state index in [0.717, 1.165) is 4.90 Å². The zero-order valence-corrected chi connectivity index (χ0v) is 10.2. The minimum Gasteiger partial charge on any atom is -0.459 e. The summed E-state index contributed by atoms with van der Waals surface area (Å²) in [7, 11) is 0. The first-order chi connectivity index (χ1) is 6.74. The van der Waals surface area contributed by atoms with Gasteiger partial charge in [0.1, 0.15) is 26.2 Å². The highest BCUT2D eigenvalue weighted by atomic mass is 127. The second kappa shape index (κ2) is 9.63. The lowest BCUT2D eigenvalue weighted by Crippen LogP contribution is -3.13. The molecular weight excluding hydrogens is 301 g/mol. The van der Waals surface area contributed by atoms with Gasteiger partial charge in [0.05, 0.1) is 17.6 Å². The first kappa shape index (κ1) is 14.1. The van der Waals surface area contributed by atoms with Gasteiger partial charge in [-0.15, -0.1) is 0 Å². The second-order valence-electron chi connectivity index (χ2n) is 2.80. The molecule has 0 aromatic rings. The molecule has 0 atom stereocenters. The fourth-order valence-corrected chi connectivity index (χ4v) is 1.26. The molecule has 0 aromatic heterocycles. The van der Waals surface area contributed by atoms with Gasteiger partial charge in [0.25, 0.3) is 0 Å². The number of carbonyl (C=O) groups is 1. The molecule has 0 aliphatic carbocycles. The molecule has 6 heteroatoms. The van der Waals surface area contributed by atoms with E-state index in [-0.39, 0.29) is 19.2 Å². The van der Waals surface area contributed by atoms with Gasteiger partial charge in [0.15, 0.2) is 0 Å². The SMILES string of the molecule is O=C(CI)OCC[NH+](CCO)CCO.